The summed E-state index contributed by atoms with van der Waals surface area (Å²) in [7, 11) is -3.80. The van der Waals surface area contributed by atoms with Crippen LogP contribution in [-0.4, -0.2) is 35.8 Å². The van der Waals surface area contributed by atoms with E-state index >= 15 is 0 Å². The summed E-state index contributed by atoms with van der Waals surface area (Å²) in [5.74, 6) is 1.27. The molecular formula is C11H14N2O4S2. The number of benzene rings is 1. The molecular weight excluding hydrogens is 288 g/mol. The fourth-order valence-electron chi connectivity index (χ4n) is 2.01. The normalized spacial score (nSPS) is 17.3. The Morgan fingerprint density at radius 1 is 1.42 bits per heavy atom. The smallest absolute Gasteiger partial charge is 0.258 e. The highest BCUT2D eigenvalue weighted by atomic mass is 32.2. The van der Waals surface area contributed by atoms with Crippen molar-refractivity contribution in [3.63, 3.8) is 0 Å². The lowest BCUT2D eigenvalue weighted by Gasteiger charge is -2.25. The molecule has 0 aliphatic carbocycles. The third kappa shape index (κ3) is 2.75. The second kappa shape index (κ2) is 5.48. The van der Waals surface area contributed by atoms with Crippen molar-refractivity contribution in [3.8, 4) is 0 Å². The van der Waals surface area contributed by atoms with Gasteiger partial charge in [0.2, 0.25) is 0 Å². The molecule has 0 spiro atoms. The van der Waals surface area contributed by atoms with Gasteiger partial charge in [-0.05, 0) is 24.7 Å². The minimum absolute atomic E-state index is 0.178. The SMILES string of the molecule is Cc1cccc([N+](=O)[O-])c1S(=O)(=O)N1CCCSC1. The van der Waals surface area contributed by atoms with E-state index in [2.05, 4.69) is 0 Å². The molecule has 0 amide bonds. The maximum Gasteiger partial charge on any atom is 0.289 e. The first kappa shape index (κ1) is 14.3. The summed E-state index contributed by atoms with van der Waals surface area (Å²) < 4.78 is 26.4. The predicted octanol–water partition coefficient (Wildman–Crippen LogP) is 1.99. The molecule has 0 atom stereocenters. The van der Waals surface area contributed by atoms with Gasteiger partial charge in [0.1, 0.15) is 0 Å². The quantitative estimate of drug-likeness (QED) is 0.630. The van der Waals surface area contributed by atoms with E-state index in [9.17, 15) is 18.5 Å². The summed E-state index contributed by atoms with van der Waals surface area (Å²) in [6, 6.07) is 4.31. The van der Waals surface area contributed by atoms with Gasteiger partial charge >= 0.3 is 0 Å². The van der Waals surface area contributed by atoms with Crippen molar-refractivity contribution >= 4 is 27.5 Å². The van der Waals surface area contributed by atoms with Gasteiger partial charge in [-0.2, -0.15) is 4.31 Å². The van der Waals surface area contributed by atoms with Crippen LogP contribution in [0, 0.1) is 17.0 Å². The van der Waals surface area contributed by atoms with Crippen LogP contribution in [0.4, 0.5) is 5.69 Å². The molecule has 1 aromatic carbocycles. The van der Waals surface area contributed by atoms with Crippen molar-refractivity contribution < 1.29 is 13.3 Å². The average Bonchev–Trinajstić information content (AvgIpc) is 2.39. The van der Waals surface area contributed by atoms with Crippen LogP contribution in [0.15, 0.2) is 23.1 Å². The lowest BCUT2D eigenvalue weighted by atomic mass is 10.2. The zero-order valence-corrected chi connectivity index (χ0v) is 12.0. The third-order valence-corrected chi connectivity index (χ3v) is 6.19. The van der Waals surface area contributed by atoms with E-state index in [4.69, 9.17) is 0 Å². The van der Waals surface area contributed by atoms with Crippen LogP contribution < -0.4 is 0 Å². The predicted molar refractivity (Wildman–Crippen MR) is 73.7 cm³/mol. The number of rotatable bonds is 3. The first-order valence-corrected chi connectivity index (χ1v) is 8.36. The Hall–Kier alpha value is -1.12. The zero-order valence-electron chi connectivity index (χ0n) is 10.4. The average molecular weight is 302 g/mol. The summed E-state index contributed by atoms with van der Waals surface area (Å²) in [4.78, 5) is 10.2. The highest BCUT2D eigenvalue weighted by Crippen LogP contribution is 2.31. The molecule has 8 heteroatoms. The van der Waals surface area contributed by atoms with Gasteiger partial charge in [0, 0.05) is 12.6 Å². The Bertz CT molecular complexity index is 595. The van der Waals surface area contributed by atoms with Gasteiger partial charge in [0.05, 0.1) is 10.8 Å². The molecule has 0 bridgehead atoms. The number of nitro groups is 1. The molecule has 2 rings (SSSR count). The Balaban J connectivity index is 2.53. The second-order valence-corrected chi connectivity index (χ2v) is 7.20. The number of nitrogens with zero attached hydrogens (tertiary/aromatic N) is 2. The second-order valence-electron chi connectivity index (χ2n) is 4.25. The maximum atomic E-state index is 12.5. The van der Waals surface area contributed by atoms with E-state index in [0.717, 1.165) is 12.2 Å². The maximum absolute atomic E-state index is 12.5. The molecule has 0 unspecified atom stereocenters. The highest BCUT2D eigenvalue weighted by molar-refractivity contribution is 8.00. The Morgan fingerprint density at radius 2 is 2.16 bits per heavy atom. The number of aryl methyl sites for hydroxylation is 1. The van der Waals surface area contributed by atoms with Gasteiger partial charge < -0.3 is 0 Å². The molecule has 0 saturated carbocycles. The number of thioether (sulfide) groups is 1. The molecule has 19 heavy (non-hydrogen) atoms. The molecule has 1 aliphatic heterocycles. The van der Waals surface area contributed by atoms with Gasteiger partial charge in [-0.1, -0.05) is 12.1 Å². The van der Waals surface area contributed by atoms with Crippen LogP contribution in [0.25, 0.3) is 0 Å². The molecule has 1 saturated heterocycles. The molecule has 0 radical (unpaired) electrons. The van der Waals surface area contributed by atoms with E-state index in [1.807, 2.05) is 0 Å². The van der Waals surface area contributed by atoms with Crippen molar-refractivity contribution in [2.24, 2.45) is 0 Å². The molecule has 1 aliphatic rings. The zero-order chi connectivity index (χ0) is 14.0. The molecule has 6 nitrogen and oxygen atoms in total. The van der Waals surface area contributed by atoms with Gasteiger partial charge in [-0.25, -0.2) is 8.42 Å². The van der Waals surface area contributed by atoms with Crippen LogP contribution in [0.2, 0.25) is 0 Å². The van der Waals surface area contributed by atoms with Crippen LogP contribution in [-0.2, 0) is 10.0 Å². The number of nitro benzene ring substituents is 1. The van der Waals surface area contributed by atoms with E-state index < -0.39 is 14.9 Å². The van der Waals surface area contributed by atoms with Crippen LogP contribution in [0.3, 0.4) is 0 Å². The summed E-state index contributed by atoms with van der Waals surface area (Å²) in [5, 5.41) is 11.0. The summed E-state index contributed by atoms with van der Waals surface area (Å²) >= 11 is 1.52. The Kier molecular flexibility index (Phi) is 4.12. The van der Waals surface area contributed by atoms with Crippen LogP contribution in [0.1, 0.15) is 12.0 Å². The molecule has 1 fully saturated rings. The van der Waals surface area contributed by atoms with Crippen LogP contribution >= 0.6 is 11.8 Å². The van der Waals surface area contributed by atoms with E-state index in [1.54, 1.807) is 13.0 Å². The minimum atomic E-state index is -3.80. The van der Waals surface area contributed by atoms with E-state index in [-0.39, 0.29) is 10.6 Å². The third-order valence-electron chi connectivity index (χ3n) is 2.92. The minimum Gasteiger partial charge on any atom is -0.258 e. The molecule has 1 aromatic rings. The van der Waals surface area contributed by atoms with Gasteiger partial charge in [0.25, 0.3) is 15.7 Å². The van der Waals surface area contributed by atoms with E-state index in [1.165, 1.54) is 28.2 Å². The first-order valence-electron chi connectivity index (χ1n) is 5.76. The van der Waals surface area contributed by atoms with Crippen molar-refractivity contribution in [1.82, 2.24) is 4.31 Å². The van der Waals surface area contributed by atoms with Gasteiger partial charge in [0.15, 0.2) is 4.90 Å². The molecule has 104 valence electrons. The first-order chi connectivity index (χ1) is 8.94. The van der Waals surface area contributed by atoms with Crippen LogP contribution in [0.5, 0.6) is 0 Å². The summed E-state index contributed by atoms with van der Waals surface area (Å²) in [5.41, 5.74) is 0.0559. The monoisotopic (exact) mass is 302 g/mol. The van der Waals surface area contributed by atoms with Crippen molar-refractivity contribution in [2.75, 3.05) is 18.2 Å². The lowest BCUT2D eigenvalue weighted by Crippen LogP contribution is -2.35. The number of hydrogen-bond acceptors (Lipinski definition) is 5. The largest absolute Gasteiger partial charge is 0.289 e. The molecule has 0 N–H and O–H groups in total. The Morgan fingerprint density at radius 3 is 2.74 bits per heavy atom. The van der Waals surface area contributed by atoms with Crippen molar-refractivity contribution in [1.29, 1.82) is 0 Å². The van der Waals surface area contributed by atoms with Gasteiger partial charge in [-0.15, -0.1) is 11.8 Å². The van der Waals surface area contributed by atoms with Crippen molar-refractivity contribution in [2.45, 2.75) is 18.2 Å². The lowest BCUT2D eigenvalue weighted by molar-refractivity contribution is -0.387. The van der Waals surface area contributed by atoms with E-state index in [0.29, 0.717) is 18.0 Å². The fourth-order valence-corrected chi connectivity index (χ4v) is 5.09. The summed E-state index contributed by atoms with van der Waals surface area (Å²) in [6.07, 6.45) is 0.767. The molecule has 0 aromatic heterocycles. The molecule has 1 heterocycles. The van der Waals surface area contributed by atoms with Gasteiger partial charge in [-0.3, -0.25) is 10.1 Å². The number of hydrogen-bond donors (Lipinski definition) is 0. The Labute approximate surface area is 116 Å². The standard InChI is InChI=1S/C11H14N2O4S2/c1-9-4-2-5-10(13(14)15)11(9)19(16,17)12-6-3-7-18-8-12/h2,4-5H,3,6-8H2,1H3. The topological polar surface area (TPSA) is 80.5 Å². The van der Waals surface area contributed by atoms with Crippen molar-refractivity contribution in [3.05, 3.63) is 33.9 Å². The highest BCUT2D eigenvalue weighted by Gasteiger charge is 2.33. The number of sulfonamides is 1. The summed E-state index contributed by atoms with van der Waals surface area (Å²) in [6.45, 7) is 2.00. The fraction of sp³-hybridized carbons (Fsp3) is 0.455.